The number of benzene rings is 1. The van der Waals surface area contributed by atoms with Crippen molar-refractivity contribution in [3.8, 4) is 0 Å². The highest BCUT2D eigenvalue weighted by molar-refractivity contribution is 5.77. The van der Waals surface area contributed by atoms with Crippen LogP contribution in [0.5, 0.6) is 0 Å². The molecule has 0 aliphatic heterocycles. The molecule has 3 unspecified atom stereocenters. The van der Waals surface area contributed by atoms with Gasteiger partial charge in [0.05, 0.1) is 4.92 Å². The third-order valence-electron chi connectivity index (χ3n) is 4.51. The van der Waals surface area contributed by atoms with E-state index >= 15 is 0 Å². The highest BCUT2D eigenvalue weighted by Gasteiger charge is 2.25. The van der Waals surface area contributed by atoms with E-state index in [-0.39, 0.29) is 5.69 Å². The van der Waals surface area contributed by atoms with Gasteiger partial charge in [-0.3, -0.25) is 10.1 Å². The molecule has 3 rings (SSSR count). The third-order valence-corrected chi connectivity index (χ3v) is 4.51. The average Bonchev–Trinajstić information content (AvgIpc) is 2.84. The van der Waals surface area contributed by atoms with Crippen LogP contribution in [0.15, 0.2) is 22.6 Å². The summed E-state index contributed by atoms with van der Waals surface area (Å²) in [4.78, 5) is 14.7. The molecule has 1 aromatic heterocycles. The SMILES string of the molecule is CC1CCC(Nc2nc3cc([N+](=O)[O-])ccc3o2)CC1C. The van der Waals surface area contributed by atoms with Gasteiger partial charge < -0.3 is 9.73 Å². The van der Waals surface area contributed by atoms with E-state index in [2.05, 4.69) is 24.1 Å². The number of aromatic nitrogens is 1. The number of hydrogen-bond donors (Lipinski definition) is 1. The Morgan fingerprint density at radius 2 is 2.14 bits per heavy atom. The number of fused-ring (bicyclic) bond motifs is 1. The fourth-order valence-corrected chi connectivity index (χ4v) is 2.94. The number of anilines is 1. The van der Waals surface area contributed by atoms with Crippen LogP contribution in [-0.4, -0.2) is 15.9 Å². The van der Waals surface area contributed by atoms with Crippen molar-refractivity contribution in [1.29, 1.82) is 0 Å². The summed E-state index contributed by atoms with van der Waals surface area (Å²) in [5, 5.41) is 14.1. The lowest BCUT2D eigenvalue weighted by molar-refractivity contribution is -0.384. The quantitative estimate of drug-likeness (QED) is 0.683. The van der Waals surface area contributed by atoms with Gasteiger partial charge in [-0.1, -0.05) is 13.8 Å². The number of hydrogen-bond acceptors (Lipinski definition) is 5. The van der Waals surface area contributed by atoms with Gasteiger partial charge in [-0.05, 0) is 37.2 Å². The highest BCUT2D eigenvalue weighted by Crippen LogP contribution is 2.31. The van der Waals surface area contributed by atoms with Gasteiger partial charge in [-0.15, -0.1) is 0 Å². The molecule has 1 aliphatic carbocycles. The van der Waals surface area contributed by atoms with Gasteiger partial charge in [0.15, 0.2) is 5.58 Å². The van der Waals surface area contributed by atoms with Crippen molar-refractivity contribution in [1.82, 2.24) is 4.98 Å². The smallest absolute Gasteiger partial charge is 0.295 e. The molecule has 2 aromatic rings. The molecule has 0 bridgehead atoms. The number of oxazole rings is 1. The molecule has 1 heterocycles. The lowest BCUT2D eigenvalue weighted by Crippen LogP contribution is -2.30. The summed E-state index contributed by atoms with van der Waals surface area (Å²) >= 11 is 0. The Morgan fingerprint density at radius 1 is 1.33 bits per heavy atom. The zero-order chi connectivity index (χ0) is 15.0. The minimum Gasteiger partial charge on any atom is -0.424 e. The summed E-state index contributed by atoms with van der Waals surface area (Å²) in [5.41, 5.74) is 1.12. The zero-order valence-corrected chi connectivity index (χ0v) is 12.2. The van der Waals surface area contributed by atoms with Gasteiger partial charge in [0.2, 0.25) is 0 Å². The second-order valence-corrected chi connectivity index (χ2v) is 6.04. The highest BCUT2D eigenvalue weighted by atomic mass is 16.6. The Morgan fingerprint density at radius 3 is 2.86 bits per heavy atom. The van der Waals surface area contributed by atoms with Crippen LogP contribution in [0.4, 0.5) is 11.7 Å². The van der Waals surface area contributed by atoms with Gasteiger partial charge in [0.1, 0.15) is 5.52 Å². The first kappa shape index (κ1) is 13.9. The van der Waals surface area contributed by atoms with Crippen molar-refractivity contribution in [3.63, 3.8) is 0 Å². The Kier molecular flexibility index (Phi) is 3.53. The van der Waals surface area contributed by atoms with Crippen molar-refractivity contribution in [3.05, 3.63) is 28.3 Å². The van der Waals surface area contributed by atoms with Crippen molar-refractivity contribution in [2.24, 2.45) is 11.8 Å². The molecule has 3 atom stereocenters. The van der Waals surface area contributed by atoms with E-state index in [0.717, 1.165) is 18.8 Å². The van der Waals surface area contributed by atoms with E-state index in [4.69, 9.17) is 4.42 Å². The van der Waals surface area contributed by atoms with E-state index < -0.39 is 4.92 Å². The molecule has 1 aliphatic rings. The molecule has 1 aromatic carbocycles. The van der Waals surface area contributed by atoms with Crippen LogP contribution in [-0.2, 0) is 0 Å². The van der Waals surface area contributed by atoms with Crippen LogP contribution < -0.4 is 5.32 Å². The summed E-state index contributed by atoms with van der Waals surface area (Å²) in [6.45, 7) is 4.56. The number of nitrogens with one attached hydrogen (secondary N) is 1. The van der Waals surface area contributed by atoms with Crippen molar-refractivity contribution in [2.75, 3.05) is 5.32 Å². The minimum atomic E-state index is -0.425. The van der Waals surface area contributed by atoms with Gasteiger partial charge >= 0.3 is 0 Å². The van der Waals surface area contributed by atoms with Crippen molar-refractivity contribution < 1.29 is 9.34 Å². The first-order chi connectivity index (χ1) is 10.0. The lowest BCUT2D eigenvalue weighted by atomic mass is 9.79. The van der Waals surface area contributed by atoms with Gasteiger partial charge in [-0.2, -0.15) is 4.98 Å². The normalized spacial score (nSPS) is 25.9. The van der Waals surface area contributed by atoms with Crippen molar-refractivity contribution in [2.45, 2.75) is 39.2 Å². The number of non-ortho nitro benzene ring substituents is 1. The van der Waals surface area contributed by atoms with E-state index in [1.807, 2.05) is 0 Å². The molecular formula is C15H19N3O3. The van der Waals surface area contributed by atoms with E-state index in [1.54, 1.807) is 6.07 Å². The predicted octanol–water partition coefficient (Wildman–Crippen LogP) is 3.97. The molecule has 6 heteroatoms. The van der Waals surface area contributed by atoms with Crippen LogP contribution in [0, 0.1) is 22.0 Å². The van der Waals surface area contributed by atoms with Gasteiger partial charge in [-0.25, -0.2) is 0 Å². The third kappa shape index (κ3) is 2.84. The first-order valence-corrected chi connectivity index (χ1v) is 7.34. The fraction of sp³-hybridized carbons (Fsp3) is 0.533. The molecule has 0 amide bonds. The topological polar surface area (TPSA) is 81.2 Å². The molecule has 1 fully saturated rings. The molecule has 0 saturated heterocycles. The van der Waals surface area contributed by atoms with E-state index in [9.17, 15) is 10.1 Å². The second kappa shape index (κ2) is 5.35. The van der Waals surface area contributed by atoms with Gasteiger partial charge in [0.25, 0.3) is 11.7 Å². The molecule has 1 saturated carbocycles. The largest absolute Gasteiger partial charge is 0.424 e. The number of rotatable bonds is 3. The van der Waals surface area contributed by atoms with Crippen LogP contribution >= 0.6 is 0 Å². The molecule has 0 radical (unpaired) electrons. The summed E-state index contributed by atoms with van der Waals surface area (Å²) in [6.07, 6.45) is 3.40. The number of nitro groups is 1. The standard InChI is InChI=1S/C15H19N3O3/c1-9-3-4-11(7-10(9)2)16-15-17-13-8-12(18(19)20)5-6-14(13)21-15/h5-6,8-11H,3-4,7H2,1-2H3,(H,16,17). The molecule has 21 heavy (non-hydrogen) atoms. The summed E-state index contributed by atoms with van der Waals surface area (Å²) in [6, 6.07) is 5.28. The molecule has 6 nitrogen and oxygen atoms in total. The predicted molar refractivity (Wildman–Crippen MR) is 80.3 cm³/mol. The maximum absolute atomic E-state index is 10.8. The van der Waals surface area contributed by atoms with Crippen LogP contribution in [0.1, 0.15) is 33.1 Å². The first-order valence-electron chi connectivity index (χ1n) is 7.34. The lowest BCUT2D eigenvalue weighted by Gasteiger charge is -2.32. The Bertz CT molecular complexity index is 667. The molecule has 0 spiro atoms. The number of nitrogens with zero attached hydrogens (tertiary/aromatic N) is 2. The second-order valence-electron chi connectivity index (χ2n) is 6.04. The fourth-order valence-electron chi connectivity index (χ4n) is 2.94. The number of nitro benzene ring substituents is 1. The maximum atomic E-state index is 10.8. The molecule has 1 N–H and O–H groups in total. The maximum Gasteiger partial charge on any atom is 0.295 e. The molecular weight excluding hydrogens is 270 g/mol. The molecule has 112 valence electrons. The average molecular weight is 289 g/mol. The monoisotopic (exact) mass is 289 g/mol. The minimum absolute atomic E-state index is 0.0301. The zero-order valence-electron chi connectivity index (χ0n) is 12.2. The Labute approximate surface area is 122 Å². The van der Waals surface area contributed by atoms with E-state index in [1.165, 1.54) is 18.6 Å². The summed E-state index contributed by atoms with van der Waals surface area (Å²) in [7, 11) is 0. The summed E-state index contributed by atoms with van der Waals surface area (Å²) in [5.74, 6) is 1.44. The Balaban J connectivity index is 1.77. The van der Waals surface area contributed by atoms with E-state index in [0.29, 0.717) is 29.1 Å². The van der Waals surface area contributed by atoms with Gasteiger partial charge in [0, 0.05) is 18.2 Å². The van der Waals surface area contributed by atoms with Crippen molar-refractivity contribution >= 4 is 22.8 Å². The van der Waals surface area contributed by atoms with Crippen LogP contribution in [0.2, 0.25) is 0 Å². The van der Waals surface area contributed by atoms with Crippen LogP contribution in [0.25, 0.3) is 11.1 Å². The summed E-state index contributed by atoms with van der Waals surface area (Å²) < 4.78 is 5.62. The van der Waals surface area contributed by atoms with Crippen LogP contribution in [0.3, 0.4) is 0 Å². The Hall–Kier alpha value is -2.11.